The molecule has 0 amide bonds. The van der Waals surface area contributed by atoms with Gasteiger partial charge in [-0.3, -0.25) is 4.79 Å². The number of rotatable bonds is 3. The third kappa shape index (κ3) is 3.38. The first kappa shape index (κ1) is 17.5. The maximum Gasteiger partial charge on any atom is 0.311 e. The van der Waals surface area contributed by atoms with E-state index in [1.807, 2.05) is 34.6 Å². The van der Waals surface area contributed by atoms with E-state index in [0.717, 1.165) is 12.0 Å². The monoisotopic (exact) mass is 310 g/mol. The molecule has 22 heavy (non-hydrogen) atoms. The summed E-state index contributed by atoms with van der Waals surface area (Å²) in [5, 5.41) is 0. The van der Waals surface area contributed by atoms with Crippen molar-refractivity contribution in [3.05, 3.63) is 11.6 Å². The third-order valence-electron chi connectivity index (χ3n) is 4.87. The van der Waals surface area contributed by atoms with Crippen LogP contribution in [0.4, 0.5) is 0 Å². The van der Waals surface area contributed by atoms with Crippen molar-refractivity contribution in [1.29, 1.82) is 0 Å². The number of hydrogen-bond acceptors (Lipinski definition) is 4. The summed E-state index contributed by atoms with van der Waals surface area (Å²) in [5.41, 5.74) is 0.656. The van der Waals surface area contributed by atoms with Crippen LogP contribution in [-0.4, -0.2) is 30.6 Å². The van der Waals surface area contributed by atoms with Gasteiger partial charge in [-0.15, -0.1) is 0 Å². The van der Waals surface area contributed by atoms with Crippen LogP contribution >= 0.6 is 0 Å². The molecule has 5 atom stereocenters. The van der Waals surface area contributed by atoms with Crippen molar-refractivity contribution >= 4 is 5.97 Å². The molecule has 2 aliphatic rings. The molecule has 2 rings (SSSR count). The van der Waals surface area contributed by atoms with E-state index in [9.17, 15) is 4.79 Å². The Morgan fingerprint density at radius 1 is 1.45 bits per heavy atom. The fourth-order valence-electron chi connectivity index (χ4n) is 3.08. The van der Waals surface area contributed by atoms with E-state index >= 15 is 0 Å². The molecule has 4 heteroatoms. The van der Waals surface area contributed by atoms with Gasteiger partial charge in [-0.1, -0.05) is 19.9 Å². The van der Waals surface area contributed by atoms with Crippen LogP contribution in [0.1, 0.15) is 54.9 Å². The minimum absolute atomic E-state index is 0.0279. The van der Waals surface area contributed by atoms with Crippen LogP contribution in [0.3, 0.4) is 0 Å². The molecule has 0 saturated carbocycles. The Kier molecular flexibility index (Phi) is 4.74. The summed E-state index contributed by atoms with van der Waals surface area (Å²) in [5.74, 6) is -0.386. The second-order valence-electron chi connectivity index (χ2n) is 7.99. The van der Waals surface area contributed by atoms with Crippen LogP contribution in [0.5, 0.6) is 0 Å². The summed E-state index contributed by atoms with van der Waals surface area (Å²) in [6, 6.07) is 0. The highest BCUT2D eigenvalue weighted by molar-refractivity contribution is 5.75. The van der Waals surface area contributed by atoms with Crippen molar-refractivity contribution < 1.29 is 19.0 Å². The molecule has 0 aromatic rings. The molecular formula is C18H30O4. The van der Waals surface area contributed by atoms with Gasteiger partial charge < -0.3 is 14.2 Å². The Labute approximate surface area is 134 Å². The smallest absolute Gasteiger partial charge is 0.311 e. The predicted molar refractivity (Wildman–Crippen MR) is 85.3 cm³/mol. The molecule has 0 aromatic heterocycles. The third-order valence-corrected chi connectivity index (χ3v) is 4.87. The largest absolute Gasteiger partial charge is 0.465 e. The normalized spacial score (nSPS) is 36.5. The minimum atomic E-state index is -0.637. The molecule has 0 N–H and O–H groups in total. The van der Waals surface area contributed by atoms with Crippen molar-refractivity contribution in [1.82, 2.24) is 0 Å². The van der Waals surface area contributed by atoms with Crippen LogP contribution in [0, 0.1) is 17.3 Å². The van der Waals surface area contributed by atoms with Crippen molar-refractivity contribution in [2.24, 2.45) is 17.3 Å². The lowest BCUT2D eigenvalue weighted by atomic mass is 9.83. The van der Waals surface area contributed by atoms with Crippen LogP contribution in [-0.2, 0) is 19.0 Å². The zero-order chi connectivity index (χ0) is 16.7. The van der Waals surface area contributed by atoms with Gasteiger partial charge in [0, 0.05) is 11.8 Å². The Morgan fingerprint density at radius 3 is 2.68 bits per heavy atom. The summed E-state index contributed by atoms with van der Waals surface area (Å²) < 4.78 is 17.8. The average molecular weight is 310 g/mol. The van der Waals surface area contributed by atoms with Crippen LogP contribution < -0.4 is 0 Å². The number of carbonyl (C=O) groups is 1. The first-order valence-electron chi connectivity index (χ1n) is 8.24. The van der Waals surface area contributed by atoms with E-state index in [1.54, 1.807) is 0 Å². The predicted octanol–water partition coefficient (Wildman–Crippen LogP) is 3.70. The molecule has 2 bridgehead atoms. The van der Waals surface area contributed by atoms with Crippen molar-refractivity contribution in [3.8, 4) is 0 Å². The Hall–Kier alpha value is -0.870. The number of fused-ring (bicyclic) bond motifs is 2. The van der Waals surface area contributed by atoms with Crippen LogP contribution in [0.15, 0.2) is 11.6 Å². The molecule has 0 aromatic carbocycles. The molecule has 0 spiro atoms. The lowest BCUT2D eigenvalue weighted by molar-refractivity contribution is -0.322. The van der Waals surface area contributed by atoms with Gasteiger partial charge in [0.15, 0.2) is 5.79 Å². The second kappa shape index (κ2) is 5.97. The maximum atomic E-state index is 11.9. The summed E-state index contributed by atoms with van der Waals surface area (Å²) in [6.07, 6.45) is 3.34. The molecular weight excluding hydrogens is 280 g/mol. The van der Waals surface area contributed by atoms with Gasteiger partial charge in [0.25, 0.3) is 0 Å². The quantitative estimate of drug-likeness (QED) is 0.589. The molecule has 4 nitrogen and oxygen atoms in total. The van der Waals surface area contributed by atoms with Crippen molar-refractivity contribution in [2.75, 3.05) is 6.61 Å². The zero-order valence-corrected chi connectivity index (χ0v) is 14.9. The minimum Gasteiger partial charge on any atom is -0.465 e. The zero-order valence-electron chi connectivity index (χ0n) is 14.9. The molecule has 1 fully saturated rings. The van der Waals surface area contributed by atoms with Gasteiger partial charge in [-0.05, 0) is 46.6 Å². The number of esters is 1. The van der Waals surface area contributed by atoms with Gasteiger partial charge >= 0.3 is 5.97 Å². The number of hydrogen-bond donors (Lipinski definition) is 0. The summed E-state index contributed by atoms with van der Waals surface area (Å²) in [6.45, 7) is 14.3. The van der Waals surface area contributed by atoms with E-state index in [0.29, 0.717) is 6.61 Å². The van der Waals surface area contributed by atoms with E-state index in [-0.39, 0.29) is 30.0 Å². The Bertz CT molecular complexity index is 462. The lowest BCUT2D eigenvalue weighted by Crippen LogP contribution is -2.56. The number of ether oxygens (including phenoxy) is 3. The molecule has 0 radical (unpaired) electrons. The molecule has 126 valence electrons. The average Bonchev–Trinajstić information content (AvgIpc) is 2.42. The highest BCUT2D eigenvalue weighted by atomic mass is 16.7. The first-order valence-corrected chi connectivity index (χ1v) is 8.24. The lowest BCUT2D eigenvalue weighted by Gasteiger charge is -2.50. The SMILES string of the molecule is CC1=CC[C@H]2O[C@]1(C)O[C@H]([C@H](C)COC(=O)C(C)(C)C)[C@H]2C. The molecule has 2 heterocycles. The summed E-state index contributed by atoms with van der Waals surface area (Å²) in [4.78, 5) is 11.9. The Balaban J connectivity index is 2.02. The fourth-order valence-corrected chi connectivity index (χ4v) is 3.08. The highest BCUT2D eigenvalue weighted by Crippen LogP contribution is 2.42. The van der Waals surface area contributed by atoms with Gasteiger partial charge in [0.05, 0.1) is 24.2 Å². The van der Waals surface area contributed by atoms with E-state index < -0.39 is 11.2 Å². The fraction of sp³-hybridized carbons (Fsp3) is 0.833. The van der Waals surface area contributed by atoms with E-state index in [4.69, 9.17) is 14.2 Å². The van der Waals surface area contributed by atoms with Crippen molar-refractivity contribution in [2.45, 2.75) is 72.9 Å². The standard InChI is InChI=1S/C18H30O4/c1-11(10-20-16(19)17(4,5)6)15-13(3)14-9-8-12(2)18(7,21-14)22-15/h8,11,13-15H,9-10H2,1-7H3/t11-,13+,14-,15-,18-/m1/s1. The van der Waals surface area contributed by atoms with Gasteiger partial charge in [0.2, 0.25) is 0 Å². The Morgan fingerprint density at radius 2 is 2.09 bits per heavy atom. The molecule has 1 saturated heterocycles. The van der Waals surface area contributed by atoms with Crippen LogP contribution in [0.25, 0.3) is 0 Å². The number of carbonyl (C=O) groups excluding carboxylic acids is 1. The molecule has 0 aliphatic carbocycles. The van der Waals surface area contributed by atoms with Crippen LogP contribution in [0.2, 0.25) is 0 Å². The van der Waals surface area contributed by atoms with E-state index in [1.165, 1.54) is 0 Å². The van der Waals surface area contributed by atoms with Gasteiger partial charge in [-0.25, -0.2) is 0 Å². The topological polar surface area (TPSA) is 44.8 Å². The van der Waals surface area contributed by atoms with E-state index in [2.05, 4.69) is 19.9 Å². The summed E-state index contributed by atoms with van der Waals surface area (Å²) in [7, 11) is 0. The van der Waals surface area contributed by atoms with Gasteiger partial charge in [0.1, 0.15) is 0 Å². The molecule has 0 unspecified atom stereocenters. The van der Waals surface area contributed by atoms with Gasteiger partial charge in [-0.2, -0.15) is 0 Å². The maximum absolute atomic E-state index is 11.9. The summed E-state index contributed by atoms with van der Waals surface area (Å²) >= 11 is 0. The first-order chi connectivity index (χ1) is 10.0. The molecule has 2 aliphatic heterocycles. The second-order valence-corrected chi connectivity index (χ2v) is 7.99. The van der Waals surface area contributed by atoms with Crippen molar-refractivity contribution in [3.63, 3.8) is 0 Å². The highest BCUT2D eigenvalue weighted by Gasteiger charge is 2.48.